The summed E-state index contributed by atoms with van der Waals surface area (Å²) in [5, 5.41) is 19.4. The Morgan fingerprint density at radius 2 is 1.39 bits per heavy atom. The van der Waals surface area contributed by atoms with Crippen LogP contribution in [0.1, 0.15) is 48.4 Å². The molecule has 0 radical (unpaired) electrons. The molecular weight excluding hydrogens is 778 g/mol. The van der Waals surface area contributed by atoms with E-state index in [1.807, 2.05) is 42.5 Å². The van der Waals surface area contributed by atoms with Crippen LogP contribution in [0.4, 0.5) is 0 Å². The number of primary amides is 1. The molecule has 3 atom stereocenters. The summed E-state index contributed by atoms with van der Waals surface area (Å²) in [6.07, 6.45) is -1.10. The number of hydrogen-bond donors (Lipinski definition) is 9. The lowest BCUT2D eigenvalue weighted by atomic mass is 9.88. The molecule has 0 unspecified atom stereocenters. The average molecular weight is 825 g/mol. The van der Waals surface area contributed by atoms with Crippen molar-refractivity contribution in [1.82, 2.24) is 16.0 Å². The highest BCUT2D eigenvalue weighted by Crippen LogP contribution is 2.39. The molecule has 0 saturated heterocycles. The predicted octanol–water partition coefficient (Wildman–Crippen LogP) is 2.18. The first-order valence-electron chi connectivity index (χ1n) is 17.9. The van der Waals surface area contributed by atoms with Crippen LogP contribution in [0.3, 0.4) is 0 Å². The van der Waals surface area contributed by atoms with Gasteiger partial charge in [0.2, 0.25) is 23.6 Å². The molecule has 0 bridgehead atoms. The van der Waals surface area contributed by atoms with Gasteiger partial charge in [0.25, 0.3) is 0 Å². The van der Waals surface area contributed by atoms with E-state index in [9.17, 15) is 57.8 Å². The highest BCUT2D eigenvalue weighted by molar-refractivity contribution is 7.60. The number of carbonyl (C=O) groups is 5. The molecule has 0 fully saturated rings. The molecule has 0 saturated carbocycles. The number of carboxylic acids is 1. The van der Waals surface area contributed by atoms with E-state index in [0.717, 1.165) is 28.5 Å². The Balaban J connectivity index is 1.55. The van der Waals surface area contributed by atoms with Crippen LogP contribution in [0.15, 0.2) is 91.0 Å². The number of fused-ring (bicyclic) bond motifs is 1. The van der Waals surface area contributed by atoms with Crippen molar-refractivity contribution in [2.75, 3.05) is 6.54 Å². The predicted molar refractivity (Wildman–Crippen MR) is 211 cm³/mol. The second kappa shape index (κ2) is 19.3. The van der Waals surface area contributed by atoms with Crippen molar-refractivity contribution in [2.24, 2.45) is 11.7 Å². The van der Waals surface area contributed by atoms with Crippen LogP contribution in [0.5, 0.6) is 0 Å². The second-order valence-electron chi connectivity index (χ2n) is 14.1. The summed E-state index contributed by atoms with van der Waals surface area (Å²) in [6, 6.07) is 23.2. The summed E-state index contributed by atoms with van der Waals surface area (Å²) >= 11 is 0. The van der Waals surface area contributed by atoms with E-state index in [-0.39, 0.29) is 24.7 Å². The first kappa shape index (κ1) is 44.5. The van der Waals surface area contributed by atoms with Gasteiger partial charge in [0, 0.05) is 13.0 Å². The van der Waals surface area contributed by atoms with E-state index in [2.05, 4.69) is 16.0 Å². The van der Waals surface area contributed by atoms with Crippen LogP contribution in [-0.4, -0.2) is 72.4 Å². The summed E-state index contributed by atoms with van der Waals surface area (Å²) in [6.45, 7) is 1.50. The minimum Gasteiger partial charge on any atom is -0.481 e. The number of nitrogens with one attached hydrogen (secondary N) is 3. The molecule has 10 N–H and O–H groups in total. The minimum atomic E-state index is -4.62. The van der Waals surface area contributed by atoms with Crippen LogP contribution in [0.2, 0.25) is 0 Å². The molecule has 57 heavy (non-hydrogen) atoms. The third-order valence-corrected chi connectivity index (χ3v) is 11.0. The fourth-order valence-corrected chi connectivity index (χ4v) is 7.62. The molecule has 0 aliphatic rings. The summed E-state index contributed by atoms with van der Waals surface area (Å²) in [7, 11) is -8.98. The number of rotatable bonds is 20. The number of hydrogen-bond acceptors (Lipinski definition) is 7. The van der Waals surface area contributed by atoms with Crippen molar-refractivity contribution >= 4 is 60.9 Å². The molecule has 0 aliphatic carbocycles. The van der Waals surface area contributed by atoms with E-state index in [4.69, 9.17) is 5.73 Å². The highest BCUT2D eigenvalue weighted by atomic mass is 31.2. The molecule has 4 aromatic carbocycles. The summed E-state index contributed by atoms with van der Waals surface area (Å²) in [5.74, 6) is -6.02. The molecule has 4 amide bonds. The number of carboxylic acid groups (broad SMARTS) is 1. The molecule has 0 heterocycles. The van der Waals surface area contributed by atoms with Crippen LogP contribution in [0.25, 0.3) is 10.8 Å². The van der Waals surface area contributed by atoms with Gasteiger partial charge in [-0.3, -0.25) is 33.1 Å². The zero-order valence-corrected chi connectivity index (χ0v) is 32.8. The Labute approximate surface area is 328 Å². The fraction of sp³-hybridized carbons (Fsp3) is 0.308. The number of amides is 4. The Morgan fingerprint density at radius 1 is 0.772 bits per heavy atom. The van der Waals surface area contributed by atoms with Crippen LogP contribution in [-0.2, 0) is 58.5 Å². The standard InChI is InChI=1S/C39H46N4O12P2/c1-39(23-26-15-17-31(18-16-26)57(53,54)55,43-36(47)30(21-35(45)46)20-25-11-13-27(14-12-25)24-56(50,51)52)38(49)42-33(22-34(40)44)37(48)41-19-5-9-29-8-4-7-28-6-2-3-10-32(28)29/h2-4,6-8,10-18,30,33H,5,9,19-24H2,1H3,(H2,40,44)(H,41,48)(H,42,49)(H,43,47)(H,45,46)(H2,50,51,52)(H2,53,54,55)/t30-,33+,39+/m1/s1. The quantitative estimate of drug-likeness (QED) is 0.0458. The van der Waals surface area contributed by atoms with Crippen LogP contribution < -0.4 is 27.0 Å². The summed E-state index contributed by atoms with van der Waals surface area (Å²) in [4.78, 5) is 103. The zero-order chi connectivity index (χ0) is 42.0. The lowest BCUT2D eigenvalue weighted by Gasteiger charge is -2.33. The van der Waals surface area contributed by atoms with E-state index in [1.54, 1.807) is 0 Å². The van der Waals surface area contributed by atoms with Crippen molar-refractivity contribution in [3.63, 3.8) is 0 Å². The third kappa shape index (κ3) is 13.7. The van der Waals surface area contributed by atoms with Crippen molar-refractivity contribution in [3.05, 3.63) is 113 Å². The van der Waals surface area contributed by atoms with Gasteiger partial charge in [0.1, 0.15) is 11.6 Å². The Kier molecular flexibility index (Phi) is 15.1. The van der Waals surface area contributed by atoms with Gasteiger partial charge in [-0.15, -0.1) is 0 Å². The first-order valence-corrected chi connectivity index (χ1v) is 21.3. The number of benzene rings is 4. The van der Waals surface area contributed by atoms with E-state index >= 15 is 0 Å². The van der Waals surface area contributed by atoms with Gasteiger partial charge >= 0.3 is 21.2 Å². The van der Waals surface area contributed by atoms with Crippen molar-refractivity contribution in [1.29, 1.82) is 0 Å². The van der Waals surface area contributed by atoms with Gasteiger partial charge in [-0.25, -0.2) is 0 Å². The third-order valence-electron chi connectivity index (χ3n) is 9.25. The SMILES string of the molecule is C[C@@](Cc1ccc(P(=O)(O)O)cc1)(NC(=O)[C@@H](CC(=O)O)Cc1ccc(CP(=O)(O)O)cc1)C(=O)N[C@@H](CC(N)=O)C(=O)NCCCc1cccc2ccccc12. The molecule has 4 rings (SSSR count). The average Bonchev–Trinajstić information content (AvgIpc) is 3.12. The van der Waals surface area contributed by atoms with Gasteiger partial charge in [-0.2, -0.15) is 0 Å². The molecule has 16 nitrogen and oxygen atoms in total. The molecule has 0 aromatic heterocycles. The van der Waals surface area contributed by atoms with Crippen molar-refractivity contribution < 1.29 is 57.8 Å². The van der Waals surface area contributed by atoms with E-state index in [0.29, 0.717) is 29.5 Å². The monoisotopic (exact) mass is 824 g/mol. The van der Waals surface area contributed by atoms with E-state index < -0.39 is 81.3 Å². The van der Waals surface area contributed by atoms with Crippen molar-refractivity contribution in [2.45, 2.75) is 63.2 Å². The van der Waals surface area contributed by atoms with Crippen LogP contribution >= 0.6 is 15.2 Å². The Morgan fingerprint density at radius 3 is 2.00 bits per heavy atom. The number of nitrogens with two attached hydrogens (primary N) is 1. The first-order chi connectivity index (χ1) is 26.7. The highest BCUT2D eigenvalue weighted by Gasteiger charge is 2.39. The molecule has 0 spiro atoms. The molecular formula is C39H46N4O12P2. The number of carbonyl (C=O) groups excluding carboxylic acids is 4. The molecule has 18 heteroatoms. The Hall–Kier alpha value is -5.21. The normalized spacial score (nSPS) is 13.8. The molecule has 0 aliphatic heterocycles. The van der Waals surface area contributed by atoms with Crippen LogP contribution in [0, 0.1) is 5.92 Å². The molecule has 4 aromatic rings. The van der Waals surface area contributed by atoms with Gasteiger partial charge in [0.15, 0.2) is 0 Å². The van der Waals surface area contributed by atoms with Gasteiger partial charge in [-0.1, -0.05) is 78.9 Å². The number of aliphatic carboxylic acids is 1. The topological polar surface area (TPSA) is 283 Å². The minimum absolute atomic E-state index is 0.144. The van der Waals surface area contributed by atoms with E-state index in [1.165, 1.54) is 43.3 Å². The Bertz CT molecular complexity index is 2180. The molecule has 304 valence electrons. The van der Waals surface area contributed by atoms with Gasteiger partial charge in [0.05, 0.1) is 30.2 Å². The zero-order valence-electron chi connectivity index (χ0n) is 31.0. The lowest BCUT2D eigenvalue weighted by molar-refractivity contribution is -0.142. The second-order valence-corrected chi connectivity index (χ2v) is 17.3. The lowest BCUT2D eigenvalue weighted by Crippen LogP contribution is -2.62. The summed E-state index contributed by atoms with van der Waals surface area (Å²) in [5.41, 5.74) is 5.70. The smallest absolute Gasteiger partial charge is 0.356 e. The fourth-order valence-electron chi connectivity index (χ4n) is 6.40. The maximum Gasteiger partial charge on any atom is 0.356 e. The maximum atomic E-state index is 14.2. The number of aryl methyl sites for hydroxylation is 1. The van der Waals surface area contributed by atoms with Gasteiger partial charge in [-0.05, 0) is 71.3 Å². The largest absolute Gasteiger partial charge is 0.481 e. The summed E-state index contributed by atoms with van der Waals surface area (Å²) < 4.78 is 23.2. The van der Waals surface area contributed by atoms with Gasteiger partial charge < -0.3 is 46.4 Å². The van der Waals surface area contributed by atoms with Crippen molar-refractivity contribution in [3.8, 4) is 0 Å². The maximum absolute atomic E-state index is 14.2.